The SMILES string of the molecule is O=C1C=C(Br)C=CC1. The summed E-state index contributed by atoms with van der Waals surface area (Å²) in [5, 5.41) is 0. The minimum Gasteiger partial charge on any atom is -0.294 e. The van der Waals surface area contributed by atoms with Crippen LogP contribution in [0.3, 0.4) is 0 Å². The van der Waals surface area contributed by atoms with Gasteiger partial charge in [0, 0.05) is 10.9 Å². The molecule has 1 nitrogen and oxygen atoms in total. The van der Waals surface area contributed by atoms with E-state index < -0.39 is 0 Å². The Labute approximate surface area is 56.2 Å². The molecule has 1 rings (SSSR count). The number of rotatable bonds is 0. The van der Waals surface area contributed by atoms with E-state index in [1.54, 1.807) is 6.08 Å². The van der Waals surface area contributed by atoms with Gasteiger partial charge in [-0.15, -0.1) is 0 Å². The van der Waals surface area contributed by atoms with Crippen molar-refractivity contribution >= 4 is 21.7 Å². The third-order valence-electron chi connectivity index (χ3n) is 0.895. The van der Waals surface area contributed by atoms with E-state index >= 15 is 0 Å². The average Bonchev–Trinajstić information content (AvgIpc) is 1.64. The van der Waals surface area contributed by atoms with Crippen LogP contribution >= 0.6 is 15.9 Å². The van der Waals surface area contributed by atoms with Gasteiger partial charge in [-0.05, 0) is 6.08 Å². The summed E-state index contributed by atoms with van der Waals surface area (Å²) >= 11 is 3.18. The van der Waals surface area contributed by atoms with E-state index in [2.05, 4.69) is 15.9 Å². The molecule has 0 unspecified atom stereocenters. The normalized spacial score (nSPS) is 18.6. The highest BCUT2D eigenvalue weighted by molar-refractivity contribution is 9.11. The predicted molar refractivity (Wildman–Crippen MR) is 35.8 cm³/mol. The third-order valence-corrected chi connectivity index (χ3v) is 1.39. The Bertz CT molecular complexity index is 167. The molecule has 0 spiro atoms. The minimum absolute atomic E-state index is 0.166. The molecule has 1 aliphatic rings. The Morgan fingerprint density at radius 1 is 1.62 bits per heavy atom. The Hall–Kier alpha value is -0.370. The van der Waals surface area contributed by atoms with Crippen LogP contribution < -0.4 is 0 Å². The molecule has 0 saturated carbocycles. The lowest BCUT2D eigenvalue weighted by atomic mass is 10.2. The molecule has 0 amide bonds. The first-order valence-corrected chi connectivity index (χ1v) is 3.15. The van der Waals surface area contributed by atoms with E-state index in [-0.39, 0.29) is 5.78 Å². The van der Waals surface area contributed by atoms with Crippen molar-refractivity contribution in [3.05, 3.63) is 22.7 Å². The monoisotopic (exact) mass is 172 g/mol. The maximum absolute atomic E-state index is 10.5. The fraction of sp³-hybridized carbons (Fsp3) is 0.167. The molecule has 0 fully saturated rings. The number of allylic oxidation sites excluding steroid dienone is 4. The van der Waals surface area contributed by atoms with Crippen LogP contribution in [0.5, 0.6) is 0 Å². The number of carbonyl (C=O) groups excluding carboxylic acids is 1. The van der Waals surface area contributed by atoms with Gasteiger partial charge in [-0.2, -0.15) is 0 Å². The van der Waals surface area contributed by atoms with Crippen LogP contribution in [-0.4, -0.2) is 5.78 Å². The summed E-state index contributed by atoms with van der Waals surface area (Å²) in [7, 11) is 0. The number of ketones is 1. The molecule has 1 aliphatic carbocycles. The molecule has 0 atom stereocenters. The van der Waals surface area contributed by atoms with Gasteiger partial charge in [-0.3, -0.25) is 4.79 Å². The Balaban J connectivity index is 2.77. The summed E-state index contributed by atoms with van der Waals surface area (Å²) in [6.07, 6.45) is 5.85. The lowest BCUT2D eigenvalue weighted by molar-refractivity contribution is -0.113. The standard InChI is InChI=1S/C6H5BrO/c7-5-2-1-3-6(8)4-5/h1-2,4H,3H2. The molecule has 0 aromatic rings. The summed E-state index contributed by atoms with van der Waals surface area (Å²) in [5.41, 5.74) is 0. The van der Waals surface area contributed by atoms with E-state index in [1.807, 2.05) is 12.2 Å². The molecule has 0 aliphatic heterocycles. The second kappa shape index (κ2) is 2.27. The van der Waals surface area contributed by atoms with Gasteiger partial charge in [0.15, 0.2) is 5.78 Å². The van der Waals surface area contributed by atoms with Gasteiger partial charge in [-0.25, -0.2) is 0 Å². The van der Waals surface area contributed by atoms with Crippen molar-refractivity contribution in [2.24, 2.45) is 0 Å². The molecule has 0 N–H and O–H groups in total. The van der Waals surface area contributed by atoms with Crippen LogP contribution in [0.2, 0.25) is 0 Å². The third kappa shape index (κ3) is 1.30. The zero-order valence-corrected chi connectivity index (χ0v) is 5.81. The molecule has 0 saturated heterocycles. The maximum Gasteiger partial charge on any atom is 0.160 e. The first-order chi connectivity index (χ1) is 3.79. The molecule has 0 aromatic carbocycles. The zero-order chi connectivity index (χ0) is 5.98. The summed E-state index contributed by atoms with van der Waals surface area (Å²) in [6, 6.07) is 0. The summed E-state index contributed by atoms with van der Waals surface area (Å²) in [4.78, 5) is 10.5. The van der Waals surface area contributed by atoms with Gasteiger partial charge < -0.3 is 0 Å². The van der Waals surface area contributed by atoms with Gasteiger partial charge in [0.25, 0.3) is 0 Å². The van der Waals surface area contributed by atoms with Crippen molar-refractivity contribution < 1.29 is 4.79 Å². The molecule has 0 radical (unpaired) electrons. The van der Waals surface area contributed by atoms with Gasteiger partial charge in [0.2, 0.25) is 0 Å². The van der Waals surface area contributed by atoms with E-state index in [1.165, 1.54) is 0 Å². The molecule has 2 heteroatoms. The van der Waals surface area contributed by atoms with E-state index in [0.29, 0.717) is 6.42 Å². The molecular formula is C6H5BrO. The van der Waals surface area contributed by atoms with Crippen molar-refractivity contribution in [1.29, 1.82) is 0 Å². The Morgan fingerprint density at radius 2 is 2.38 bits per heavy atom. The fourth-order valence-corrected chi connectivity index (χ4v) is 0.991. The second-order valence-corrected chi connectivity index (χ2v) is 2.52. The van der Waals surface area contributed by atoms with Crippen molar-refractivity contribution in [3.63, 3.8) is 0 Å². The van der Waals surface area contributed by atoms with Crippen LogP contribution in [0.1, 0.15) is 6.42 Å². The lowest BCUT2D eigenvalue weighted by Crippen LogP contribution is -1.93. The molecule has 0 aromatic heterocycles. The number of hydrogen-bond donors (Lipinski definition) is 0. The smallest absolute Gasteiger partial charge is 0.160 e. The zero-order valence-electron chi connectivity index (χ0n) is 4.23. The quantitative estimate of drug-likeness (QED) is 0.545. The fourth-order valence-electron chi connectivity index (χ4n) is 0.548. The van der Waals surface area contributed by atoms with Crippen LogP contribution in [-0.2, 0) is 4.79 Å². The van der Waals surface area contributed by atoms with Crippen LogP contribution in [0.4, 0.5) is 0 Å². The Kier molecular flexibility index (Phi) is 1.63. The molecular weight excluding hydrogens is 168 g/mol. The molecule has 8 heavy (non-hydrogen) atoms. The maximum atomic E-state index is 10.5. The molecule has 42 valence electrons. The molecule has 0 bridgehead atoms. The van der Waals surface area contributed by atoms with Gasteiger partial charge in [0.1, 0.15) is 0 Å². The van der Waals surface area contributed by atoms with Gasteiger partial charge >= 0.3 is 0 Å². The Morgan fingerprint density at radius 3 is 2.75 bits per heavy atom. The van der Waals surface area contributed by atoms with Crippen molar-refractivity contribution in [1.82, 2.24) is 0 Å². The highest BCUT2D eigenvalue weighted by atomic mass is 79.9. The number of hydrogen-bond acceptors (Lipinski definition) is 1. The summed E-state index contributed by atoms with van der Waals surface area (Å²) in [5.74, 6) is 0.166. The highest BCUT2D eigenvalue weighted by Gasteiger charge is 1.99. The van der Waals surface area contributed by atoms with E-state index in [4.69, 9.17) is 0 Å². The van der Waals surface area contributed by atoms with Crippen molar-refractivity contribution in [2.45, 2.75) is 6.42 Å². The van der Waals surface area contributed by atoms with Crippen LogP contribution in [0, 0.1) is 0 Å². The highest BCUT2D eigenvalue weighted by Crippen LogP contribution is 2.11. The number of carbonyl (C=O) groups is 1. The van der Waals surface area contributed by atoms with Gasteiger partial charge in [0.05, 0.1) is 0 Å². The average molecular weight is 173 g/mol. The van der Waals surface area contributed by atoms with Crippen molar-refractivity contribution in [3.8, 4) is 0 Å². The molecule has 0 heterocycles. The van der Waals surface area contributed by atoms with Crippen molar-refractivity contribution in [2.75, 3.05) is 0 Å². The second-order valence-electron chi connectivity index (χ2n) is 1.60. The van der Waals surface area contributed by atoms with Crippen LogP contribution in [0.25, 0.3) is 0 Å². The lowest BCUT2D eigenvalue weighted by Gasteiger charge is -1.94. The first kappa shape index (κ1) is 5.76. The topological polar surface area (TPSA) is 17.1 Å². The van der Waals surface area contributed by atoms with Gasteiger partial charge in [-0.1, -0.05) is 28.1 Å². The summed E-state index contributed by atoms with van der Waals surface area (Å²) < 4.78 is 0.869. The summed E-state index contributed by atoms with van der Waals surface area (Å²) in [6.45, 7) is 0. The van der Waals surface area contributed by atoms with E-state index in [9.17, 15) is 4.79 Å². The first-order valence-electron chi connectivity index (χ1n) is 2.35. The minimum atomic E-state index is 0.166. The predicted octanol–water partition coefficient (Wildman–Crippen LogP) is 1.79. The largest absolute Gasteiger partial charge is 0.294 e. The number of halogens is 1. The van der Waals surface area contributed by atoms with Crippen LogP contribution in [0.15, 0.2) is 22.7 Å². The van der Waals surface area contributed by atoms with E-state index in [0.717, 1.165) is 4.48 Å².